The number of nitrogens with zero attached hydrogens (tertiary/aromatic N) is 4. The standard InChI is InChI=1S/C34H32ClN3O2.C29H21BrClNO2.C29H22ClNO2.C27H26ClNO2/c1-3-23-11-10-22(18-24(23)4-2)19-31-32(39)20-26-12-15-27(35)21-30(26)33(38-31)25-13-16-29(17-14-25)37-34(40)36-28-8-6-5-7-9-28;30-22-6-3-5-19(14-22)25-7-2-1-4-20(25)15-27-28(34)16-21-8-11-23(31)17-26(21)29(32-27)18-9-12-24(33)13-10-18;30-23-13-10-22-17-28(33)27(31-29(26(22)18-23)20-11-14-24(32)15-12-20)16-21-8-4-5-9-25(21)19-6-2-1-3-7-19;1-3-18-6-5-17(13-19(18)4-2)14-25-26(31)15-21-7-10-22(28)16-24(21)27(29-25)20-8-11-23(30)12-9-20/h5-18,21,31H,3-4,19-20H2,1-2H3,(H2,36,37,40);1-14,17,27,33H,15-16H2;1-15,18,27,32H,16-17H2;5-13,16,25,30H,3-4,14-15H2,1-2H3. The molecular formula is C119H101BrCl4N6O8. The first kappa shape index (κ1) is 97.1. The minimum atomic E-state index is -0.539. The van der Waals surface area contributed by atoms with Crippen LogP contribution in [0.2, 0.25) is 20.1 Å². The van der Waals surface area contributed by atoms with Gasteiger partial charge in [-0.1, -0.05) is 272 Å². The zero-order valence-corrected chi connectivity index (χ0v) is 81.3. The van der Waals surface area contributed by atoms with Gasteiger partial charge in [0, 0.05) is 132 Å². The van der Waals surface area contributed by atoms with E-state index < -0.39 is 24.2 Å². The van der Waals surface area contributed by atoms with E-state index in [0.29, 0.717) is 88.5 Å². The second-order valence-electron chi connectivity index (χ2n) is 34.5. The maximum atomic E-state index is 13.5. The smallest absolute Gasteiger partial charge is 0.323 e. The van der Waals surface area contributed by atoms with Crippen LogP contribution in [0.15, 0.2) is 364 Å². The molecule has 4 atom stereocenters. The molecule has 14 nitrogen and oxygen atoms in total. The number of phenols is 3. The zero-order chi connectivity index (χ0) is 96.5. The summed E-state index contributed by atoms with van der Waals surface area (Å²) in [4.78, 5) is 85.9. The average molecular weight is 1960 g/mol. The van der Waals surface area contributed by atoms with Crippen LogP contribution in [0, 0.1) is 0 Å². The van der Waals surface area contributed by atoms with Crippen molar-refractivity contribution >= 4 is 126 Å². The van der Waals surface area contributed by atoms with Crippen LogP contribution >= 0.6 is 62.3 Å². The Labute approximate surface area is 833 Å². The number of hydrogen-bond donors (Lipinski definition) is 5. The number of halogens is 5. The van der Waals surface area contributed by atoms with Crippen molar-refractivity contribution in [1.82, 2.24) is 0 Å². The number of Topliss-reactive ketones (excluding diaryl/α,β-unsaturated/α-hetero) is 4. The molecule has 0 spiro atoms. The summed E-state index contributed by atoms with van der Waals surface area (Å²) in [5.41, 5.74) is 28.9. The number of aromatic hydroxyl groups is 3. The van der Waals surface area contributed by atoms with E-state index in [1.165, 1.54) is 22.3 Å². The predicted molar refractivity (Wildman–Crippen MR) is 565 cm³/mol. The second kappa shape index (κ2) is 45.3. The number of hydrogen-bond acceptors (Lipinski definition) is 12. The Morgan fingerprint density at radius 2 is 0.594 bits per heavy atom. The Balaban J connectivity index is 0.000000134. The third kappa shape index (κ3) is 24.1. The van der Waals surface area contributed by atoms with Gasteiger partial charge in [0.15, 0.2) is 23.1 Å². The van der Waals surface area contributed by atoms with E-state index in [-0.39, 0.29) is 46.4 Å². The van der Waals surface area contributed by atoms with Crippen molar-refractivity contribution in [3.8, 4) is 39.5 Å². The lowest BCUT2D eigenvalue weighted by atomic mass is 9.92. The lowest BCUT2D eigenvalue weighted by molar-refractivity contribution is -0.120. The Bertz CT molecular complexity index is 7170. The van der Waals surface area contributed by atoms with E-state index in [0.717, 1.165) is 159 Å². The first-order valence-corrected chi connectivity index (χ1v) is 48.7. The van der Waals surface area contributed by atoms with Crippen LogP contribution in [0.4, 0.5) is 16.2 Å². The zero-order valence-electron chi connectivity index (χ0n) is 76.7. The number of fused-ring (bicyclic) bond motifs is 4. The molecule has 4 aliphatic rings. The minimum absolute atomic E-state index is 0.0707. The highest BCUT2D eigenvalue weighted by atomic mass is 79.9. The Kier molecular flexibility index (Phi) is 31.9. The molecule has 4 unspecified atom stereocenters. The molecule has 0 saturated heterocycles. The second-order valence-corrected chi connectivity index (χ2v) is 37.2. The molecule has 0 aliphatic carbocycles. The molecule has 4 aliphatic heterocycles. The quantitative estimate of drug-likeness (QED) is 0.0493. The van der Waals surface area contributed by atoms with Crippen molar-refractivity contribution in [2.45, 2.75) is 129 Å². The van der Waals surface area contributed by atoms with E-state index >= 15 is 0 Å². The number of phenolic OH excluding ortho intramolecular Hbond substituents is 3. The molecule has 4 heterocycles. The number of urea groups is 1. The number of ketones is 4. The Morgan fingerprint density at radius 3 is 0.942 bits per heavy atom. The number of carbonyl (C=O) groups excluding carboxylic acids is 5. The number of carbonyl (C=O) groups is 5. The molecule has 0 radical (unpaired) electrons. The number of amides is 2. The summed E-state index contributed by atoms with van der Waals surface area (Å²) in [5.74, 6) is 0.905. The minimum Gasteiger partial charge on any atom is -0.508 e. The van der Waals surface area contributed by atoms with Crippen molar-refractivity contribution in [1.29, 1.82) is 0 Å². The summed E-state index contributed by atoms with van der Waals surface area (Å²) < 4.78 is 1.00. The average Bonchev–Trinajstić information content (AvgIpc) is 1.65. The van der Waals surface area contributed by atoms with Crippen LogP contribution < -0.4 is 10.6 Å². The predicted octanol–water partition coefficient (Wildman–Crippen LogP) is 26.8. The van der Waals surface area contributed by atoms with E-state index in [2.05, 4.69) is 139 Å². The maximum Gasteiger partial charge on any atom is 0.323 e. The fraction of sp³-hybridized carbons (Fsp3) is 0.168. The fourth-order valence-corrected chi connectivity index (χ4v) is 19.2. The summed E-state index contributed by atoms with van der Waals surface area (Å²) in [6.45, 7) is 8.66. The number of rotatable bonds is 20. The lowest BCUT2D eigenvalue weighted by Crippen LogP contribution is -2.23. The molecule has 138 heavy (non-hydrogen) atoms. The monoisotopic (exact) mass is 1960 g/mol. The van der Waals surface area contributed by atoms with Gasteiger partial charge in [0.05, 0.1) is 22.8 Å². The summed E-state index contributed by atoms with van der Waals surface area (Å²) in [5, 5.41) is 37.3. The third-order valence-electron chi connectivity index (χ3n) is 25.3. The van der Waals surface area contributed by atoms with E-state index in [4.69, 9.17) is 66.4 Å². The fourth-order valence-electron chi connectivity index (χ4n) is 18.1. The van der Waals surface area contributed by atoms with Gasteiger partial charge in [0.25, 0.3) is 0 Å². The molecule has 0 bridgehead atoms. The van der Waals surface area contributed by atoms with Gasteiger partial charge in [-0.25, -0.2) is 4.79 Å². The normalized spacial score (nSPS) is 15.3. The largest absolute Gasteiger partial charge is 0.508 e. The summed E-state index contributed by atoms with van der Waals surface area (Å²) >= 11 is 28.9. The van der Waals surface area contributed by atoms with Crippen LogP contribution in [0.1, 0.15) is 139 Å². The van der Waals surface area contributed by atoms with Crippen molar-refractivity contribution < 1.29 is 39.3 Å². The molecule has 15 aromatic carbocycles. The van der Waals surface area contributed by atoms with Crippen LogP contribution in [-0.2, 0) is 96.2 Å². The first-order valence-electron chi connectivity index (χ1n) is 46.3. The van der Waals surface area contributed by atoms with Gasteiger partial charge < -0.3 is 26.0 Å². The summed E-state index contributed by atoms with van der Waals surface area (Å²) in [6, 6.07) is 105. The molecule has 15 aromatic rings. The molecule has 5 N–H and O–H groups in total. The Hall–Kier alpha value is -14.0. The van der Waals surface area contributed by atoms with Crippen molar-refractivity contribution in [2.75, 3.05) is 10.6 Å². The van der Waals surface area contributed by atoms with Crippen LogP contribution in [-0.4, -0.2) is 91.5 Å². The van der Waals surface area contributed by atoms with Crippen molar-refractivity contribution in [3.05, 3.63) is 476 Å². The van der Waals surface area contributed by atoms with Gasteiger partial charge in [-0.2, -0.15) is 0 Å². The molecule has 0 saturated carbocycles. The summed E-state index contributed by atoms with van der Waals surface area (Å²) in [6.07, 6.45) is 7.26. The highest BCUT2D eigenvalue weighted by Crippen LogP contribution is 2.37. The molecule has 19 rings (SSSR count). The van der Waals surface area contributed by atoms with Crippen LogP contribution in [0.5, 0.6) is 17.2 Å². The molecule has 0 aromatic heterocycles. The number of aliphatic imine (C=N–C) groups is 4. The molecular weight excluding hydrogens is 1860 g/mol. The van der Waals surface area contributed by atoms with Crippen LogP contribution in [0.3, 0.4) is 0 Å². The first-order chi connectivity index (χ1) is 67.0. The highest BCUT2D eigenvalue weighted by molar-refractivity contribution is 9.10. The van der Waals surface area contributed by atoms with Crippen molar-refractivity contribution in [2.24, 2.45) is 20.0 Å². The maximum absolute atomic E-state index is 13.5. The van der Waals surface area contributed by atoms with E-state index in [1.54, 1.807) is 36.4 Å². The highest BCUT2D eigenvalue weighted by Gasteiger charge is 2.33. The Morgan fingerprint density at radius 1 is 0.290 bits per heavy atom. The van der Waals surface area contributed by atoms with Crippen LogP contribution in [0.25, 0.3) is 22.3 Å². The molecule has 690 valence electrons. The van der Waals surface area contributed by atoms with Gasteiger partial charge >= 0.3 is 6.03 Å². The molecule has 2 amide bonds. The third-order valence-corrected chi connectivity index (χ3v) is 26.7. The lowest BCUT2D eigenvalue weighted by Gasteiger charge is -2.15. The summed E-state index contributed by atoms with van der Waals surface area (Å²) in [7, 11) is 0. The SMILES string of the molecule is CCc1ccc(CC2N=C(c3ccc(NC(=O)Nc4ccccc4)cc3)c3cc(Cl)ccc3CC2=O)cc1CC.CCc1ccc(CC2N=C(c3ccc(O)cc3)c3cc(Cl)ccc3CC2=O)cc1CC.O=C1Cc2ccc(Cl)cc2C(c2ccc(O)cc2)=NC1Cc1ccccc1-c1cccc(Br)c1.O=C1Cc2ccc(Cl)cc2C(c2ccc(O)cc2)=NC1Cc1ccccc1-c1ccccc1. The van der Waals surface area contributed by atoms with Gasteiger partial charge in [-0.3, -0.25) is 39.1 Å². The van der Waals surface area contributed by atoms with Crippen molar-refractivity contribution in [3.63, 3.8) is 0 Å². The van der Waals surface area contributed by atoms with Gasteiger partial charge in [-0.05, 0) is 272 Å². The van der Waals surface area contributed by atoms with E-state index in [1.807, 2.05) is 218 Å². The van der Waals surface area contributed by atoms with Gasteiger partial charge in [0.2, 0.25) is 0 Å². The topological polar surface area (TPSA) is 220 Å². The number of aryl methyl sites for hydroxylation is 4. The molecule has 0 fully saturated rings. The number of benzene rings is 15. The number of anilines is 2. The van der Waals surface area contributed by atoms with Gasteiger partial charge in [-0.15, -0.1) is 0 Å². The molecule has 19 heteroatoms. The van der Waals surface area contributed by atoms with E-state index in [9.17, 15) is 39.3 Å². The van der Waals surface area contributed by atoms with Gasteiger partial charge in [0.1, 0.15) is 41.4 Å². The number of nitrogens with one attached hydrogen (secondary N) is 2. The number of para-hydroxylation sites is 1.